The van der Waals surface area contributed by atoms with Crippen molar-refractivity contribution >= 4 is 5.69 Å². The Kier molecular flexibility index (Phi) is 3.66. The molecule has 0 spiro atoms. The molecule has 3 rings (SSSR count). The van der Waals surface area contributed by atoms with Crippen molar-refractivity contribution < 1.29 is 4.74 Å². The van der Waals surface area contributed by atoms with Gasteiger partial charge in [-0.05, 0) is 18.2 Å². The maximum atomic E-state index is 5.84. The normalized spacial score (nSPS) is 11.6. The smallest absolute Gasteiger partial charge is 0.150 e. The van der Waals surface area contributed by atoms with Crippen molar-refractivity contribution in [2.45, 2.75) is 20.4 Å². The Balaban J connectivity index is 0.000000514. The zero-order valence-electron chi connectivity index (χ0n) is 10.2. The molecule has 0 bridgehead atoms. The quantitative estimate of drug-likeness (QED) is 0.718. The minimum Gasteiger partial charge on any atom is -0.455 e. The van der Waals surface area contributed by atoms with Gasteiger partial charge in [-0.1, -0.05) is 44.2 Å². The summed E-state index contributed by atoms with van der Waals surface area (Å²) in [7, 11) is 0. The minimum atomic E-state index is 0.813. The fourth-order valence-electron chi connectivity index (χ4n) is 1.76. The molecule has 0 aliphatic carbocycles. The zero-order chi connectivity index (χ0) is 12.1. The summed E-state index contributed by atoms with van der Waals surface area (Å²) in [5, 5.41) is 3.36. The van der Waals surface area contributed by atoms with Gasteiger partial charge in [0.05, 0.1) is 5.69 Å². The van der Waals surface area contributed by atoms with Crippen LogP contribution >= 0.6 is 0 Å². The topological polar surface area (TPSA) is 21.3 Å². The van der Waals surface area contributed by atoms with Gasteiger partial charge < -0.3 is 10.1 Å². The van der Waals surface area contributed by atoms with Gasteiger partial charge in [0.1, 0.15) is 5.75 Å². The molecule has 0 saturated heterocycles. The highest BCUT2D eigenvalue weighted by Crippen LogP contribution is 2.34. The third kappa shape index (κ3) is 2.41. The van der Waals surface area contributed by atoms with Crippen LogP contribution in [0.3, 0.4) is 0 Å². The van der Waals surface area contributed by atoms with Gasteiger partial charge in [-0.3, -0.25) is 0 Å². The van der Waals surface area contributed by atoms with Crippen molar-refractivity contribution in [2.24, 2.45) is 0 Å². The summed E-state index contributed by atoms with van der Waals surface area (Å²) >= 11 is 0. The molecule has 1 aliphatic rings. The van der Waals surface area contributed by atoms with Crippen LogP contribution in [-0.2, 0) is 6.54 Å². The van der Waals surface area contributed by atoms with E-state index in [-0.39, 0.29) is 0 Å². The lowest BCUT2D eigenvalue weighted by atomic mass is 10.2. The third-order valence-corrected chi connectivity index (χ3v) is 2.55. The maximum Gasteiger partial charge on any atom is 0.150 e. The molecule has 1 N–H and O–H groups in total. The monoisotopic (exact) mass is 227 g/mol. The largest absolute Gasteiger partial charge is 0.455 e. The van der Waals surface area contributed by atoms with Gasteiger partial charge in [0.2, 0.25) is 0 Å². The lowest BCUT2D eigenvalue weighted by Gasteiger charge is -2.06. The van der Waals surface area contributed by atoms with Crippen LogP contribution in [0, 0.1) is 0 Å². The molecule has 1 aliphatic heterocycles. The average molecular weight is 227 g/mol. The fourth-order valence-corrected chi connectivity index (χ4v) is 1.76. The summed E-state index contributed by atoms with van der Waals surface area (Å²) < 4.78 is 5.84. The first kappa shape index (κ1) is 11.5. The van der Waals surface area contributed by atoms with Gasteiger partial charge in [-0.2, -0.15) is 0 Å². The Labute approximate surface area is 102 Å². The molecular formula is C15H17NO. The Morgan fingerprint density at radius 3 is 2.35 bits per heavy atom. The van der Waals surface area contributed by atoms with E-state index in [0.29, 0.717) is 0 Å². The summed E-state index contributed by atoms with van der Waals surface area (Å²) in [6.07, 6.45) is 0. The SMILES string of the molecule is CC.c1ccc2c(c1)CNc1ccccc1O2. The average Bonchev–Trinajstić information content (AvgIpc) is 2.60. The second-order valence-electron chi connectivity index (χ2n) is 3.56. The number of ether oxygens (including phenoxy) is 1. The lowest BCUT2D eigenvalue weighted by Crippen LogP contribution is -1.96. The van der Waals surface area contributed by atoms with E-state index < -0.39 is 0 Å². The number of para-hydroxylation sites is 3. The Bertz CT molecular complexity index is 448. The number of hydrogen-bond donors (Lipinski definition) is 1. The number of rotatable bonds is 0. The molecule has 0 amide bonds. The molecule has 2 nitrogen and oxygen atoms in total. The van der Waals surface area contributed by atoms with Crippen LogP contribution in [0.5, 0.6) is 11.5 Å². The van der Waals surface area contributed by atoms with Crippen molar-refractivity contribution in [2.75, 3.05) is 5.32 Å². The van der Waals surface area contributed by atoms with Gasteiger partial charge >= 0.3 is 0 Å². The van der Waals surface area contributed by atoms with Crippen molar-refractivity contribution in [3.63, 3.8) is 0 Å². The molecule has 1 heterocycles. The number of anilines is 1. The maximum absolute atomic E-state index is 5.84. The van der Waals surface area contributed by atoms with Crippen LogP contribution < -0.4 is 10.1 Å². The molecule has 0 saturated carbocycles. The van der Waals surface area contributed by atoms with Gasteiger partial charge in [-0.25, -0.2) is 0 Å². The number of benzene rings is 2. The first-order chi connectivity index (χ1) is 8.43. The molecule has 0 radical (unpaired) electrons. The first-order valence-corrected chi connectivity index (χ1v) is 6.02. The molecule has 2 aromatic carbocycles. The van der Waals surface area contributed by atoms with Gasteiger partial charge in [0, 0.05) is 12.1 Å². The van der Waals surface area contributed by atoms with E-state index in [0.717, 1.165) is 23.7 Å². The van der Waals surface area contributed by atoms with E-state index in [1.807, 2.05) is 56.3 Å². The summed E-state index contributed by atoms with van der Waals surface area (Å²) in [5.74, 6) is 1.83. The summed E-state index contributed by atoms with van der Waals surface area (Å²) in [4.78, 5) is 0. The second-order valence-corrected chi connectivity index (χ2v) is 3.56. The highest BCUT2D eigenvalue weighted by molar-refractivity contribution is 5.60. The van der Waals surface area contributed by atoms with Crippen molar-refractivity contribution in [3.8, 4) is 11.5 Å². The van der Waals surface area contributed by atoms with Crippen LogP contribution in [0.1, 0.15) is 19.4 Å². The van der Waals surface area contributed by atoms with E-state index in [1.165, 1.54) is 5.56 Å². The van der Waals surface area contributed by atoms with Crippen LogP contribution in [0.4, 0.5) is 5.69 Å². The van der Waals surface area contributed by atoms with E-state index in [9.17, 15) is 0 Å². The highest BCUT2D eigenvalue weighted by Gasteiger charge is 2.11. The predicted octanol–water partition coefficient (Wildman–Crippen LogP) is 4.43. The van der Waals surface area contributed by atoms with Crippen molar-refractivity contribution in [1.82, 2.24) is 0 Å². The van der Waals surface area contributed by atoms with Crippen LogP contribution in [0.2, 0.25) is 0 Å². The van der Waals surface area contributed by atoms with E-state index in [4.69, 9.17) is 4.74 Å². The Morgan fingerprint density at radius 1 is 0.882 bits per heavy atom. The molecule has 17 heavy (non-hydrogen) atoms. The van der Waals surface area contributed by atoms with Gasteiger partial charge in [0.15, 0.2) is 5.75 Å². The van der Waals surface area contributed by atoms with Crippen LogP contribution in [-0.4, -0.2) is 0 Å². The summed E-state index contributed by atoms with van der Waals surface area (Å²) in [6.45, 7) is 4.81. The van der Waals surface area contributed by atoms with Crippen LogP contribution in [0.15, 0.2) is 48.5 Å². The standard InChI is InChI=1S/C13H11NO.C2H6/c1-3-7-12-10(5-1)9-14-11-6-2-4-8-13(11)15-12;1-2/h1-8,14H,9H2;1-2H3. The van der Waals surface area contributed by atoms with Crippen LogP contribution in [0.25, 0.3) is 0 Å². The summed E-state index contributed by atoms with van der Waals surface area (Å²) in [5.41, 5.74) is 2.24. The van der Waals surface area contributed by atoms with Crippen molar-refractivity contribution in [3.05, 3.63) is 54.1 Å². The van der Waals surface area contributed by atoms with Gasteiger partial charge in [0.25, 0.3) is 0 Å². The molecular weight excluding hydrogens is 210 g/mol. The molecule has 0 fully saturated rings. The van der Waals surface area contributed by atoms with E-state index in [1.54, 1.807) is 0 Å². The number of nitrogens with one attached hydrogen (secondary N) is 1. The third-order valence-electron chi connectivity index (χ3n) is 2.55. The first-order valence-electron chi connectivity index (χ1n) is 6.02. The fraction of sp³-hybridized carbons (Fsp3) is 0.200. The molecule has 88 valence electrons. The second kappa shape index (κ2) is 5.39. The Morgan fingerprint density at radius 2 is 1.53 bits per heavy atom. The van der Waals surface area contributed by atoms with Gasteiger partial charge in [-0.15, -0.1) is 0 Å². The molecule has 0 unspecified atom stereocenters. The highest BCUT2D eigenvalue weighted by atomic mass is 16.5. The van der Waals surface area contributed by atoms with E-state index >= 15 is 0 Å². The zero-order valence-corrected chi connectivity index (χ0v) is 10.2. The molecule has 0 aromatic heterocycles. The minimum absolute atomic E-state index is 0.813. The number of hydrogen-bond acceptors (Lipinski definition) is 2. The molecule has 2 heteroatoms. The van der Waals surface area contributed by atoms with Crippen molar-refractivity contribution in [1.29, 1.82) is 0 Å². The molecule has 0 atom stereocenters. The van der Waals surface area contributed by atoms with E-state index in [2.05, 4.69) is 11.4 Å². The lowest BCUT2D eigenvalue weighted by molar-refractivity contribution is 0.484. The molecule has 2 aromatic rings. The predicted molar refractivity (Wildman–Crippen MR) is 71.6 cm³/mol. The Hall–Kier alpha value is -1.96. The summed E-state index contributed by atoms with van der Waals surface area (Å²) in [6, 6.07) is 16.1. The number of fused-ring (bicyclic) bond motifs is 2.